The molecule has 5 aromatic rings. The monoisotopic (exact) mass is 564 g/mol. The highest BCUT2D eigenvalue weighted by molar-refractivity contribution is 5.94. The molecule has 0 bridgehead atoms. The first-order valence-corrected chi connectivity index (χ1v) is 13.1. The van der Waals surface area contributed by atoms with E-state index in [1.807, 2.05) is 12.1 Å². The minimum atomic E-state index is -0.546. The Morgan fingerprint density at radius 1 is 0.810 bits per heavy atom. The fourth-order valence-corrected chi connectivity index (χ4v) is 4.89. The van der Waals surface area contributed by atoms with Gasteiger partial charge in [-0.25, -0.2) is 4.79 Å². The first kappa shape index (κ1) is 26.5. The van der Waals surface area contributed by atoms with Gasteiger partial charge in [0.25, 0.3) is 17.2 Å². The smallest absolute Gasteiger partial charge is 0.332 e. The van der Waals surface area contributed by atoms with E-state index in [0.29, 0.717) is 45.6 Å². The van der Waals surface area contributed by atoms with Crippen molar-refractivity contribution >= 4 is 22.5 Å². The van der Waals surface area contributed by atoms with Gasteiger partial charge in [-0.2, -0.15) is 0 Å². The molecule has 4 aromatic carbocycles. The number of para-hydroxylation sites is 1. The van der Waals surface area contributed by atoms with Gasteiger partial charge in [0.1, 0.15) is 0 Å². The molecule has 1 aromatic heterocycles. The van der Waals surface area contributed by atoms with Crippen LogP contribution in [0.1, 0.15) is 27.0 Å². The zero-order valence-electron chi connectivity index (χ0n) is 22.2. The lowest BCUT2D eigenvalue weighted by Crippen LogP contribution is -2.40. The minimum absolute atomic E-state index is 0.0173. The molecule has 0 unspecified atom stereocenters. The average molecular weight is 565 g/mol. The molecule has 1 N–H and O–H groups in total. The van der Waals surface area contributed by atoms with Crippen LogP contribution in [0.5, 0.6) is 11.5 Å². The van der Waals surface area contributed by atoms with Crippen LogP contribution in [-0.4, -0.2) is 26.8 Å². The standard InChI is InChI=1S/C31H24N4O7/c36-29(32-16-21-10-13-27-28(15-21)42-19-41-27)23-11-8-20(9-12-23)17-34-30(37)25-6-1-2-7-26(25)33(31(34)38)18-22-4-3-5-24(14-22)35(39)40/h1-15H,16-19H2,(H,32,36). The molecule has 210 valence electrons. The fraction of sp³-hybridized carbons (Fsp3) is 0.129. The number of rotatable bonds is 8. The number of nitro groups is 1. The van der Waals surface area contributed by atoms with Crippen LogP contribution in [0.2, 0.25) is 0 Å². The lowest BCUT2D eigenvalue weighted by atomic mass is 10.1. The van der Waals surface area contributed by atoms with E-state index < -0.39 is 16.2 Å². The number of carbonyl (C=O) groups is 1. The molecule has 0 atom stereocenters. The van der Waals surface area contributed by atoms with Crippen LogP contribution < -0.4 is 26.0 Å². The molecule has 0 spiro atoms. The molecule has 1 amide bonds. The summed E-state index contributed by atoms with van der Waals surface area (Å²) in [6, 6.07) is 24.9. The maximum atomic E-state index is 13.6. The predicted octanol–water partition coefficient (Wildman–Crippen LogP) is 3.83. The number of non-ortho nitro benzene ring substituents is 1. The molecule has 0 saturated heterocycles. The maximum absolute atomic E-state index is 13.6. The molecule has 2 heterocycles. The number of benzene rings is 4. The molecule has 11 nitrogen and oxygen atoms in total. The topological polar surface area (TPSA) is 135 Å². The normalized spacial score (nSPS) is 11.9. The van der Waals surface area contributed by atoms with Gasteiger partial charge in [-0.15, -0.1) is 0 Å². The molecular formula is C31H24N4O7. The van der Waals surface area contributed by atoms with Gasteiger partial charge in [-0.1, -0.05) is 42.5 Å². The zero-order chi connectivity index (χ0) is 29.2. The van der Waals surface area contributed by atoms with Crippen LogP contribution in [0, 0.1) is 10.1 Å². The van der Waals surface area contributed by atoms with E-state index in [1.54, 1.807) is 66.7 Å². The number of aromatic nitrogens is 2. The van der Waals surface area contributed by atoms with Gasteiger partial charge in [-0.3, -0.25) is 28.8 Å². The van der Waals surface area contributed by atoms with Gasteiger partial charge in [0, 0.05) is 24.2 Å². The fourth-order valence-electron chi connectivity index (χ4n) is 4.89. The van der Waals surface area contributed by atoms with Gasteiger partial charge in [0.15, 0.2) is 11.5 Å². The number of nitrogens with one attached hydrogen (secondary N) is 1. The Hall–Kier alpha value is -5.71. The molecule has 1 aliphatic rings. The van der Waals surface area contributed by atoms with Crippen molar-refractivity contribution in [2.45, 2.75) is 19.6 Å². The van der Waals surface area contributed by atoms with Crippen molar-refractivity contribution in [3.63, 3.8) is 0 Å². The molecular weight excluding hydrogens is 540 g/mol. The third-order valence-corrected chi connectivity index (χ3v) is 7.04. The number of carbonyl (C=O) groups excluding carboxylic acids is 1. The Kier molecular flexibility index (Phi) is 6.97. The number of hydrogen-bond donors (Lipinski definition) is 1. The Morgan fingerprint density at radius 3 is 2.36 bits per heavy atom. The van der Waals surface area contributed by atoms with Crippen LogP contribution in [-0.2, 0) is 19.6 Å². The van der Waals surface area contributed by atoms with Gasteiger partial charge in [-0.05, 0) is 53.1 Å². The third-order valence-electron chi connectivity index (χ3n) is 7.04. The summed E-state index contributed by atoms with van der Waals surface area (Å²) in [7, 11) is 0. The number of hydrogen-bond acceptors (Lipinski definition) is 7. The van der Waals surface area contributed by atoms with Gasteiger partial charge >= 0.3 is 5.69 Å². The van der Waals surface area contributed by atoms with Crippen molar-refractivity contribution < 1.29 is 19.2 Å². The number of nitrogens with zero attached hydrogens (tertiary/aromatic N) is 3. The van der Waals surface area contributed by atoms with E-state index in [4.69, 9.17) is 9.47 Å². The SMILES string of the molecule is O=C(NCc1ccc2c(c1)OCO2)c1ccc(Cn2c(=O)c3ccccc3n(Cc3cccc([N+](=O)[O-])c3)c2=O)cc1. The van der Waals surface area contributed by atoms with Gasteiger partial charge in [0.2, 0.25) is 6.79 Å². The highest BCUT2D eigenvalue weighted by Gasteiger charge is 2.16. The molecule has 1 aliphatic heterocycles. The highest BCUT2D eigenvalue weighted by Crippen LogP contribution is 2.32. The van der Waals surface area contributed by atoms with Crippen LogP contribution in [0.4, 0.5) is 5.69 Å². The second kappa shape index (κ2) is 11.0. The summed E-state index contributed by atoms with van der Waals surface area (Å²) in [5.41, 5.74) is 1.85. The summed E-state index contributed by atoms with van der Waals surface area (Å²) in [6.45, 7) is 0.503. The first-order valence-electron chi connectivity index (χ1n) is 13.1. The van der Waals surface area contributed by atoms with E-state index in [1.165, 1.54) is 16.7 Å². The number of amides is 1. The Balaban J connectivity index is 1.23. The lowest BCUT2D eigenvalue weighted by Gasteiger charge is -2.14. The second-order valence-electron chi connectivity index (χ2n) is 9.77. The van der Waals surface area contributed by atoms with Crippen molar-refractivity contribution in [1.82, 2.24) is 14.5 Å². The highest BCUT2D eigenvalue weighted by atomic mass is 16.7. The summed E-state index contributed by atoms with van der Waals surface area (Å²) in [6.07, 6.45) is 0. The minimum Gasteiger partial charge on any atom is -0.454 e. The molecule has 0 saturated carbocycles. The molecule has 11 heteroatoms. The predicted molar refractivity (Wildman–Crippen MR) is 154 cm³/mol. The first-order chi connectivity index (χ1) is 20.4. The van der Waals surface area contributed by atoms with Gasteiger partial charge < -0.3 is 14.8 Å². The number of nitro benzene ring substituents is 1. The van der Waals surface area contributed by atoms with Crippen LogP contribution in [0.15, 0.2) is 101 Å². The van der Waals surface area contributed by atoms with Gasteiger partial charge in [0.05, 0.1) is 28.9 Å². The van der Waals surface area contributed by atoms with Crippen LogP contribution in [0.25, 0.3) is 10.9 Å². The number of fused-ring (bicyclic) bond motifs is 2. The van der Waals surface area contributed by atoms with E-state index in [2.05, 4.69) is 5.32 Å². The quantitative estimate of drug-likeness (QED) is 0.224. The van der Waals surface area contributed by atoms with Crippen LogP contribution in [0.3, 0.4) is 0 Å². The molecule has 42 heavy (non-hydrogen) atoms. The van der Waals surface area contributed by atoms with E-state index in [9.17, 15) is 24.5 Å². The summed E-state index contributed by atoms with van der Waals surface area (Å²) < 4.78 is 13.3. The summed E-state index contributed by atoms with van der Waals surface area (Å²) in [5.74, 6) is 1.03. The zero-order valence-corrected chi connectivity index (χ0v) is 22.2. The summed E-state index contributed by atoms with van der Waals surface area (Å²) >= 11 is 0. The van der Waals surface area contributed by atoms with Crippen molar-refractivity contribution in [3.8, 4) is 11.5 Å². The third kappa shape index (κ3) is 5.22. The van der Waals surface area contributed by atoms with E-state index in [0.717, 1.165) is 10.1 Å². The summed E-state index contributed by atoms with van der Waals surface area (Å²) in [4.78, 5) is 50.5. The van der Waals surface area contributed by atoms with Crippen molar-refractivity contribution in [3.05, 3.63) is 144 Å². The second-order valence-corrected chi connectivity index (χ2v) is 9.77. The van der Waals surface area contributed by atoms with E-state index >= 15 is 0 Å². The Morgan fingerprint density at radius 2 is 1.55 bits per heavy atom. The number of ether oxygens (including phenoxy) is 2. The van der Waals surface area contributed by atoms with Crippen LogP contribution >= 0.6 is 0 Å². The van der Waals surface area contributed by atoms with Crippen molar-refractivity contribution in [2.24, 2.45) is 0 Å². The molecule has 6 rings (SSSR count). The maximum Gasteiger partial charge on any atom is 0.332 e. The summed E-state index contributed by atoms with van der Waals surface area (Å²) in [5, 5.41) is 14.5. The molecule has 0 aliphatic carbocycles. The Labute approximate surface area is 238 Å². The van der Waals surface area contributed by atoms with Crippen molar-refractivity contribution in [1.29, 1.82) is 0 Å². The molecule has 0 fully saturated rings. The van der Waals surface area contributed by atoms with Crippen molar-refractivity contribution in [2.75, 3.05) is 6.79 Å². The van der Waals surface area contributed by atoms with E-state index in [-0.39, 0.29) is 31.5 Å². The Bertz CT molecular complexity index is 1960. The average Bonchev–Trinajstić information content (AvgIpc) is 3.49. The largest absolute Gasteiger partial charge is 0.454 e. The molecule has 0 radical (unpaired) electrons. The lowest BCUT2D eigenvalue weighted by molar-refractivity contribution is -0.384.